The van der Waals surface area contributed by atoms with Crippen LogP contribution in [0.5, 0.6) is 0 Å². The van der Waals surface area contributed by atoms with Crippen molar-refractivity contribution in [2.24, 2.45) is 0 Å². The Morgan fingerprint density at radius 3 is 2.83 bits per heavy atom. The first-order chi connectivity index (χ1) is 8.56. The van der Waals surface area contributed by atoms with Gasteiger partial charge in [0.25, 0.3) is 5.69 Å². The van der Waals surface area contributed by atoms with Crippen molar-refractivity contribution in [1.82, 2.24) is 5.32 Å². The highest BCUT2D eigenvalue weighted by atomic mass is 16.6. The van der Waals surface area contributed by atoms with Crippen LogP contribution in [0.1, 0.15) is 12.8 Å². The van der Waals surface area contributed by atoms with Crippen molar-refractivity contribution in [1.29, 1.82) is 0 Å². The predicted octanol–water partition coefficient (Wildman–Crippen LogP) is 0.812. The summed E-state index contributed by atoms with van der Waals surface area (Å²) in [5.74, 6) is -0.699. The summed E-state index contributed by atoms with van der Waals surface area (Å²) in [7, 11) is 0. The number of hydrogen-bond acceptors (Lipinski definition) is 5. The highest BCUT2D eigenvalue weighted by molar-refractivity contribution is 6.01. The molecule has 0 aliphatic carbocycles. The summed E-state index contributed by atoms with van der Waals surface area (Å²) in [4.78, 5) is 32.6. The number of rotatable bonds is 3. The summed E-state index contributed by atoms with van der Waals surface area (Å²) in [6.45, 7) is 0. The van der Waals surface area contributed by atoms with Crippen LogP contribution in [0.25, 0.3) is 0 Å². The molecule has 18 heavy (non-hydrogen) atoms. The SMILES string of the molecule is O=C1CCC(Nc2cccc([N+](=O)[O-])c2)C(=O)N1. The fourth-order valence-corrected chi connectivity index (χ4v) is 1.74. The third-order valence-corrected chi connectivity index (χ3v) is 2.64. The van der Waals surface area contributed by atoms with Gasteiger partial charge in [0.1, 0.15) is 6.04 Å². The van der Waals surface area contributed by atoms with E-state index in [2.05, 4.69) is 10.6 Å². The van der Waals surface area contributed by atoms with E-state index in [-0.39, 0.29) is 18.0 Å². The van der Waals surface area contributed by atoms with E-state index in [1.165, 1.54) is 18.2 Å². The first-order valence-electron chi connectivity index (χ1n) is 5.41. The molecular weight excluding hydrogens is 238 g/mol. The van der Waals surface area contributed by atoms with Crippen LogP contribution in [0.15, 0.2) is 24.3 Å². The van der Waals surface area contributed by atoms with E-state index in [9.17, 15) is 19.7 Å². The molecule has 1 atom stereocenters. The fourth-order valence-electron chi connectivity index (χ4n) is 1.74. The quantitative estimate of drug-likeness (QED) is 0.469. The molecule has 2 N–H and O–H groups in total. The van der Waals surface area contributed by atoms with E-state index in [0.29, 0.717) is 12.1 Å². The van der Waals surface area contributed by atoms with E-state index >= 15 is 0 Å². The van der Waals surface area contributed by atoms with E-state index in [0.717, 1.165) is 0 Å². The van der Waals surface area contributed by atoms with Gasteiger partial charge in [-0.2, -0.15) is 0 Å². The number of carbonyl (C=O) groups is 2. The molecule has 1 aliphatic rings. The number of non-ortho nitro benzene ring substituents is 1. The van der Waals surface area contributed by atoms with Crippen molar-refractivity contribution in [2.45, 2.75) is 18.9 Å². The Labute approximate surface area is 102 Å². The fraction of sp³-hybridized carbons (Fsp3) is 0.273. The Bertz CT molecular complexity index is 515. The van der Waals surface area contributed by atoms with Gasteiger partial charge < -0.3 is 5.32 Å². The van der Waals surface area contributed by atoms with Crippen molar-refractivity contribution in [2.75, 3.05) is 5.32 Å². The lowest BCUT2D eigenvalue weighted by Crippen LogP contribution is -2.47. The van der Waals surface area contributed by atoms with Gasteiger partial charge in [0.05, 0.1) is 4.92 Å². The van der Waals surface area contributed by atoms with E-state index in [4.69, 9.17) is 0 Å². The lowest BCUT2D eigenvalue weighted by molar-refractivity contribution is -0.384. The third-order valence-electron chi connectivity index (χ3n) is 2.64. The summed E-state index contributed by atoms with van der Waals surface area (Å²) >= 11 is 0. The molecule has 2 amide bonds. The third kappa shape index (κ3) is 2.62. The van der Waals surface area contributed by atoms with Gasteiger partial charge in [-0.25, -0.2) is 0 Å². The van der Waals surface area contributed by atoms with Crippen LogP contribution in [0, 0.1) is 10.1 Å². The number of benzene rings is 1. The molecule has 2 rings (SSSR count). The zero-order valence-electron chi connectivity index (χ0n) is 9.38. The molecule has 1 saturated heterocycles. The van der Waals surface area contributed by atoms with Crippen LogP contribution in [-0.2, 0) is 9.59 Å². The van der Waals surface area contributed by atoms with Gasteiger partial charge in [-0.1, -0.05) is 6.07 Å². The van der Waals surface area contributed by atoms with Gasteiger partial charge >= 0.3 is 0 Å². The number of amides is 2. The summed E-state index contributed by atoms with van der Waals surface area (Å²) in [6.07, 6.45) is 0.645. The van der Waals surface area contributed by atoms with Crippen molar-refractivity contribution < 1.29 is 14.5 Å². The molecule has 1 unspecified atom stereocenters. The zero-order chi connectivity index (χ0) is 13.1. The molecule has 0 saturated carbocycles. The average molecular weight is 249 g/mol. The number of nitro benzene ring substituents is 1. The standard InChI is InChI=1S/C11H11N3O4/c15-10-5-4-9(11(16)13-10)12-7-2-1-3-8(6-7)14(17)18/h1-3,6,9,12H,4-5H2,(H,13,15,16). The lowest BCUT2D eigenvalue weighted by atomic mass is 10.1. The Morgan fingerprint density at radius 1 is 1.39 bits per heavy atom. The minimum Gasteiger partial charge on any atom is -0.373 e. The van der Waals surface area contributed by atoms with E-state index in [1.807, 2.05) is 0 Å². The Morgan fingerprint density at radius 2 is 2.17 bits per heavy atom. The second-order valence-corrected chi connectivity index (χ2v) is 3.96. The first kappa shape index (κ1) is 12.0. The number of imide groups is 1. The van der Waals surface area contributed by atoms with Gasteiger partial charge in [-0.15, -0.1) is 0 Å². The van der Waals surface area contributed by atoms with Gasteiger partial charge in [0.2, 0.25) is 11.8 Å². The van der Waals surface area contributed by atoms with Gasteiger partial charge in [-0.05, 0) is 12.5 Å². The molecule has 7 heteroatoms. The van der Waals surface area contributed by atoms with Crippen LogP contribution < -0.4 is 10.6 Å². The van der Waals surface area contributed by atoms with E-state index in [1.54, 1.807) is 6.07 Å². The average Bonchev–Trinajstić information content (AvgIpc) is 2.33. The van der Waals surface area contributed by atoms with Gasteiger partial charge in [0, 0.05) is 24.2 Å². The van der Waals surface area contributed by atoms with E-state index < -0.39 is 16.9 Å². The first-order valence-corrected chi connectivity index (χ1v) is 5.41. The molecular formula is C11H11N3O4. The Balaban J connectivity index is 2.09. The normalized spacial score (nSPS) is 19.2. The molecule has 0 bridgehead atoms. The second kappa shape index (κ2) is 4.82. The van der Waals surface area contributed by atoms with Gasteiger partial charge in [0.15, 0.2) is 0 Å². The number of hydrogen-bond donors (Lipinski definition) is 2. The molecule has 1 aliphatic heterocycles. The smallest absolute Gasteiger partial charge is 0.271 e. The number of nitro groups is 1. The molecule has 0 spiro atoms. The van der Waals surface area contributed by atoms with Crippen LogP contribution in [0.4, 0.5) is 11.4 Å². The second-order valence-electron chi connectivity index (χ2n) is 3.96. The number of nitrogens with one attached hydrogen (secondary N) is 2. The molecule has 1 aromatic carbocycles. The molecule has 1 aromatic rings. The summed E-state index contributed by atoms with van der Waals surface area (Å²) in [5.41, 5.74) is 0.436. The number of anilines is 1. The topological polar surface area (TPSA) is 101 Å². The number of piperidine rings is 1. The van der Waals surface area contributed by atoms with Crippen molar-refractivity contribution >= 4 is 23.2 Å². The van der Waals surface area contributed by atoms with Crippen LogP contribution in [0.2, 0.25) is 0 Å². The highest BCUT2D eigenvalue weighted by Crippen LogP contribution is 2.19. The molecule has 7 nitrogen and oxygen atoms in total. The Kier molecular flexibility index (Phi) is 3.22. The van der Waals surface area contributed by atoms with Crippen LogP contribution >= 0.6 is 0 Å². The zero-order valence-corrected chi connectivity index (χ0v) is 9.38. The van der Waals surface area contributed by atoms with Gasteiger partial charge in [-0.3, -0.25) is 25.0 Å². The maximum Gasteiger partial charge on any atom is 0.271 e. The Hall–Kier alpha value is -2.44. The summed E-state index contributed by atoms with van der Waals surface area (Å²) in [5, 5.41) is 15.7. The molecule has 1 fully saturated rings. The predicted molar refractivity (Wildman–Crippen MR) is 62.9 cm³/mol. The maximum atomic E-state index is 11.5. The molecule has 1 heterocycles. The van der Waals surface area contributed by atoms with Crippen molar-refractivity contribution in [3.63, 3.8) is 0 Å². The largest absolute Gasteiger partial charge is 0.373 e. The van der Waals surface area contributed by atoms with Crippen LogP contribution in [-0.4, -0.2) is 22.8 Å². The molecule has 0 aromatic heterocycles. The minimum atomic E-state index is -0.537. The summed E-state index contributed by atoms with van der Waals surface area (Å²) in [6, 6.07) is 5.35. The lowest BCUT2D eigenvalue weighted by Gasteiger charge is -2.22. The monoisotopic (exact) mass is 249 g/mol. The molecule has 94 valence electrons. The van der Waals surface area contributed by atoms with Crippen molar-refractivity contribution in [3.8, 4) is 0 Å². The van der Waals surface area contributed by atoms with Crippen molar-refractivity contribution in [3.05, 3.63) is 34.4 Å². The highest BCUT2D eigenvalue weighted by Gasteiger charge is 2.26. The summed E-state index contributed by atoms with van der Waals surface area (Å²) < 4.78 is 0. The van der Waals surface area contributed by atoms with Crippen LogP contribution in [0.3, 0.4) is 0 Å². The number of nitrogens with zero attached hydrogens (tertiary/aromatic N) is 1. The molecule has 0 radical (unpaired) electrons. The minimum absolute atomic E-state index is 0.0488. The maximum absolute atomic E-state index is 11.5. The number of carbonyl (C=O) groups excluding carboxylic acids is 2.